The van der Waals surface area contributed by atoms with Gasteiger partial charge in [0.15, 0.2) is 0 Å². The van der Waals surface area contributed by atoms with Crippen molar-refractivity contribution in [2.75, 3.05) is 6.54 Å². The molecule has 1 amide bonds. The summed E-state index contributed by atoms with van der Waals surface area (Å²) in [6.45, 7) is 3.40. The number of carbonyl (C=O) groups excluding carboxylic acids is 1. The van der Waals surface area contributed by atoms with E-state index in [2.05, 4.69) is 26.3 Å². The Kier molecular flexibility index (Phi) is 4.42. The van der Waals surface area contributed by atoms with Crippen LogP contribution in [0.3, 0.4) is 0 Å². The normalized spacial score (nSPS) is 10.7. The fraction of sp³-hybridized carbons (Fsp3) is 0.385. The Labute approximate surface area is 120 Å². The quantitative estimate of drug-likeness (QED) is 0.914. The Morgan fingerprint density at radius 1 is 1.47 bits per heavy atom. The summed E-state index contributed by atoms with van der Waals surface area (Å²) < 4.78 is 4.60. The van der Waals surface area contributed by atoms with E-state index in [0.29, 0.717) is 12.2 Å². The van der Waals surface area contributed by atoms with Crippen LogP contribution in [-0.4, -0.2) is 26.8 Å². The molecule has 0 saturated carbocycles. The van der Waals surface area contributed by atoms with Gasteiger partial charge in [-0.3, -0.25) is 9.48 Å². The average molecular weight is 325 g/mol. The van der Waals surface area contributed by atoms with Crippen LogP contribution in [0.4, 0.5) is 0 Å². The first-order valence-electron chi connectivity index (χ1n) is 6.21. The number of carbonyl (C=O) groups is 1. The van der Waals surface area contributed by atoms with E-state index >= 15 is 0 Å². The highest BCUT2D eigenvalue weighted by Crippen LogP contribution is 2.14. The number of rotatable bonds is 5. The fourth-order valence-corrected chi connectivity index (χ4v) is 2.40. The maximum atomic E-state index is 12.1. The van der Waals surface area contributed by atoms with Gasteiger partial charge in [-0.25, -0.2) is 0 Å². The molecule has 2 heterocycles. The predicted octanol–water partition coefficient (Wildman–Crippen LogP) is 1.98. The van der Waals surface area contributed by atoms with Gasteiger partial charge in [0.1, 0.15) is 5.69 Å². The zero-order valence-electron chi connectivity index (χ0n) is 11.1. The van der Waals surface area contributed by atoms with E-state index in [1.807, 2.05) is 43.2 Å². The molecular formula is C13H17BrN4O. The van der Waals surface area contributed by atoms with E-state index in [0.717, 1.165) is 23.0 Å². The van der Waals surface area contributed by atoms with Gasteiger partial charge in [-0.05, 0) is 40.9 Å². The highest BCUT2D eigenvalue weighted by atomic mass is 79.9. The highest BCUT2D eigenvalue weighted by Gasteiger charge is 2.11. The summed E-state index contributed by atoms with van der Waals surface area (Å²) in [5.41, 5.74) is 1.80. The van der Waals surface area contributed by atoms with Crippen molar-refractivity contribution in [1.82, 2.24) is 19.7 Å². The predicted molar refractivity (Wildman–Crippen MR) is 77.1 cm³/mol. The Morgan fingerprint density at radius 2 is 2.26 bits per heavy atom. The minimum atomic E-state index is -0.0450. The molecule has 2 aromatic rings. The van der Waals surface area contributed by atoms with E-state index in [1.165, 1.54) is 0 Å². The molecule has 0 unspecified atom stereocenters. The summed E-state index contributed by atoms with van der Waals surface area (Å²) in [6.07, 6.45) is 6.47. The zero-order chi connectivity index (χ0) is 13.8. The van der Waals surface area contributed by atoms with Gasteiger partial charge in [0, 0.05) is 37.0 Å². The van der Waals surface area contributed by atoms with E-state index in [9.17, 15) is 4.79 Å². The molecule has 0 saturated heterocycles. The molecule has 0 aliphatic heterocycles. The number of aryl methyl sites for hydroxylation is 2. The van der Waals surface area contributed by atoms with Crippen molar-refractivity contribution >= 4 is 21.8 Å². The van der Waals surface area contributed by atoms with Crippen LogP contribution in [0.25, 0.3) is 0 Å². The molecular weight excluding hydrogens is 308 g/mol. The van der Waals surface area contributed by atoms with Gasteiger partial charge in [0.2, 0.25) is 0 Å². The maximum absolute atomic E-state index is 12.1. The molecule has 5 nitrogen and oxygen atoms in total. The second-order valence-corrected chi connectivity index (χ2v) is 5.27. The molecule has 0 fully saturated rings. The molecule has 0 bridgehead atoms. The molecule has 6 heteroatoms. The summed E-state index contributed by atoms with van der Waals surface area (Å²) in [4.78, 5) is 12.1. The highest BCUT2D eigenvalue weighted by molar-refractivity contribution is 9.10. The van der Waals surface area contributed by atoms with Gasteiger partial charge in [0.25, 0.3) is 5.91 Å². The molecule has 0 aromatic carbocycles. The summed E-state index contributed by atoms with van der Waals surface area (Å²) in [7, 11) is 1.88. The van der Waals surface area contributed by atoms with Crippen LogP contribution in [0.15, 0.2) is 29.1 Å². The van der Waals surface area contributed by atoms with E-state index < -0.39 is 0 Å². The molecule has 0 aliphatic rings. The third-order valence-electron chi connectivity index (χ3n) is 2.89. The molecule has 2 aromatic heterocycles. The second-order valence-electron chi connectivity index (χ2n) is 4.36. The van der Waals surface area contributed by atoms with Crippen LogP contribution >= 0.6 is 15.9 Å². The van der Waals surface area contributed by atoms with Gasteiger partial charge in [0.05, 0.1) is 6.20 Å². The number of amides is 1. The van der Waals surface area contributed by atoms with Gasteiger partial charge in [-0.15, -0.1) is 0 Å². The smallest absolute Gasteiger partial charge is 0.267 e. The van der Waals surface area contributed by atoms with Crippen LogP contribution in [0.5, 0.6) is 0 Å². The zero-order valence-corrected chi connectivity index (χ0v) is 12.6. The minimum Gasteiger partial charge on any atom is -0.350 e. The molecule has 0 atom stereocenters. The van der Waals surface area contributed by atoms with Crippen molar-refractivity contribution in [3.63, 3.8) is 0 Å². The van der Waals surface area contributed by atoms with Crippen LogP contribution in [0, 0.1) is 0 Å². The third-order valence-corrected chi connectivity index (χ3v) is 3.33. The lowest BCUT2D eigenvalue weighted by Gasteiger charge is -2.07. The van der Waals surface area contributed by atoms with Gasteiger partial charge in [-0.1, -0.05) is 0 Å². The number of halogens is 1. The number of hydrogen-bond acceptors (Lipinski definition) is 2. The minimum absolute atomic E-state index is 0.0450. The van der Waals surface area contributed by atoms with Gasteiger partial charge >= 0.3 is 0 Å². The van der Waals surface area contributed by atoms with Crippen LogP contribution in [0.2, 0.25) is 0 Å². The van der Waals surface area contributed by atoms with Crippen molar-refractivity contribution in [2.45, 2.75) is 19.9 Å². The fourth-order valence-electron chi connectivity index (χ4n) is 1.94. The SMILES string of the molecule is CCn1cc(Br)cc1C(=O)NCCc1cnn(C)c1. The maximum Gasteiger partial charge on any atom is 0.267 e. The molecule has 0 aliphatic carbocycles. The van der Waals surface area contributed by atoms with Crippen molar-refractivity contribution in [2.24, 2.45) is 7.05 Å². The Bertz CT molecular complexity index is 573. The lowest BCUT2D eigenvalue weighted by Crippen LogP contribution is -2.27. The average Bonchev–Trinajstić information content (AvgIpc) is 2.95. The molecule has 19 heavy (non-hydrogen) atoms. The number of hydrogen-bond donors (Lipinski definition) is 1. The van der Waals surface area contributed by atoms with Gasteiger partial charge < -0.3 is 9.88 Å². The number of nitrogens with zero attached hydrogens (tertiary/aromatic N) is 3. The standard InChI is InChI=1S/C13H17BrN4O/c1-3-18-9-11(14)6-12(18)13(19)15-5-4-10-7-16-17(2)8-10/h6-9H,3-5H2,1-2H3,(H,15,19). The first-order chi connectivity index (χ1) is 9.10. The molecule has 1 N–H and O–H groups in total. The van der Waals surface area contributed by atoms with Crippen LogP contribution in [0.1, 0.15) is 23.0 Å². The summed E-state index contributed by atoms with van der Waals surface area (Å²) in [5.74, 6) is -0.0450. The first-order valence-corrected chi connectivity index (χ1v) is 7.01. The summed E-state index contributed by atoms with van der Waals surface area (Å²) >= 11 is 3.39. The van der Waals surface area contributed by atoms with Crippen molar-refractivity contribution in [3.05, 3.63) is 40.4 Å². The van der Waals surface area contributed by atoms with Crippen molar-refractivity contribution in [3.8, 4) is 0 Å². The first kappa shape index (κ1) is 13.9. The lowest BCUT2D eigenvalue weighted by atomic mass is 10.2. The van der Waals surface area contributed by atoms with E-state index in [-0.39, 0.29) is 5.91 Å². The summed E-state index contributed by atoms with van der Waals surface area (Å²) in [6, 6.07) is 1.84. The van der Waals surface area contributed by atoms with Crippen LogP contribution in [-0.2, 0) is 20.0 Å². The largest absolute Gasteiger partial charge is 0.350 e. The van der Waals surface area contributed by atoms with Crippen molar-refractivity contribution < 1.29 is 4.79 Å². The Hall–Kier alpha value is -1.56. The van der Waals surface area contributed by atoms with Crippen LogP contribution < -0.4 is 5.32 Å². The topological polar surface area (TPSA) is 51.9 Å². The molecule has 2 rings (SSSR count). The third kappa shape index (κ3) is 3.47. The van der Waals surface area contributed by atoms with Crippen molar-refractivity contribution in [1.29, 1.82) is 0 Å². The van der Waals surface area contributed by atoms with E-state index in [1.54, 1.807) is 4.68 Å². The monoisotopic (exact) mass is 324 g/mol. The van der Waals surface area contributed by atoms with E-state index in [4.69, 9.17) is 0 Å². The number of nitrogens with one attached hydrogen (secondary N) is 1. The number of aromatic nitrogens is 3. The second kappa shape index (κ2) is 6.06. The Morgan fingerprint density at radius 3 is 2.89 bits per heavy atom. The lowest BCUT2D eigenvalue weighted by molar-refractivity contribution is 0.0945. The summed E-state index contributed by atoms with van der Waals surface area (Å²) in [5, 5.41) is 7.02. The van der Waals surface area contributed by atoms with Gasteiger partial charge in [-0.2, -0.15) is 5.10 Å². The Balaban J connectivity index is 1.90. The molecule has 102 valence electrons. The molecule has 0 spiro atoms. The molecule has 0 radical (unpaired) electrons.